The normalized spacial score (nSPS) is 11.3. The van der Waals surface area contributed by atoms with Crippen molar-refractivity contribution in [2.75, 3.05) is 11.9 Å². The number of pyridine rings is 1. The Morgan fingerprint density at radius 2 is 1.79 bits per heavy atom. The quantitative estimate of drug-likeness (QED) is 0.609. The molecule has 0 saturated carbocycles. The highest BCUT2D eigenvalue weighted by Gasteiger charge is 2.34. The lowest BCUT2D eigenvalue weighted by Gasteiger charge is -2.15. The predicted octanol–water partition coefficient (Wildman–Crippen LogP) is 4.63. The Morgan fingerprint density at radius 1 is 1.07 bits per heavy atom. The number of carbonyl (C=O) groups is 2. The monoisotopic (exact) mass is 422 g/mol. The van der Waals surface area contributed by atoms with E-state index in [0.717, 1.165) is 17.5 Å². The Bertz CT molecular complexity index is 1070. The Kier molecular flexibility index (Phi) is 6.03. The molecule has 29 heavy (non-hydrogen) atoms. The second-order valence-corrected chi connectivity index (χ2v) is 6.45. The van der Waals surface area contributed by atoms with E-state index in [1.165, 1.54) is 6.07 Å². The van der Waals surface area contributed by atoms with Crippen LogP contribution in [0.4, 0.5) is 18.9 Å². The molecule has 0 saturated heterocycles. The summed E-state index contributed by atoms with van der Waals surface area (Å²) in [6.07, 6.45) is -3.25. The SMILES string of the molecule is O=C(COC(=O)Cc1cccc2cccnc12)Nc1c(Cl)cccc1C(F)(F)F. The molecule has 0 aliphatic rings. The first-order valence-corrected chi connectivity index (χ1v) is 8.77. The molecule has 0 aliphatic carbocycles. The summed E-state index contributed by atoms with van der Waals surface area (Å²) >= 11 is 5.78. The summed E-state index contributed by atoms with van der Waals surface area (Å²) in [5.74, 6) is -1.65. The number of halogens is 4. The number of benzene rings is 2. The van der Waals surface area contributed by atoms with Crippen molar-refractivity contribution in [3.8, 4) is 0 Å². The molecule has 1 aromatic heterocycles. The van der Waals surface area contributed by atoms with E-state index in [4.69, 9.17) is 16.3 Å². The topological polar surface area (TPSA) is 68.3 Å². The molecule has 9 heteroatoms. The Labute approximate surface area is 168 Å². The van der Waals surface area contributed by atoms with Crippen LogP contribution >= 0.6 is 11.6 Å². The van der Waals surface area contributed by atoms with Crippen molar-refractivity contribution >= 4 is 40.1 Å². The van der Waals surface area contributed by atoms with Gasteiger partial charge in [0.05, 0.1) is 28.2 Å². The molecule has 0 atom stereocenters. The first-order chi connectivity index (χ1) is 13.8. The van der Waals surface area contributed by atoms with Gasteiger partial charge in [0.2, 0.25) is 0 Å². The van der Waals surface area contributed by atoms with Crippen LogP contribution in [0.2, 0.25) is 5.02 Å². The van der Waals surface area contributed by atoms with Gasteiger partial charge in [0.1, 0.15) is 0 Å². The highest BCUT2D eigenvalue weighted by Crippen LogP contribution is 2.38. The molecule has 0 spiro atoms. The molecule has 0 aliphatic heterocycles. The number of nitrogens with one attached hydrogen (secondary N) is 1. The van der Waals surface area contributed by atoms with Crippen LogP contribution in [-0.2, 0) is 26.9 Å². The number of esters is 1. The van der Waals surface area contributed by atoms with Crippen molar-refractivity contribution in [2.24, 2.45) is 0 Å². The molecular formula is C20H14ClF3N2O3. The first kappa shape index (κ1) is 20.6. The number of rotatable bonds is 5. The van der Waals surface area contributed by atoms with Crippen LogP contribution in [0.1, 0.15) is 11.1 Å². The lowest BCUT2D eigenvalue weighted by atomic mass is 10.1. The van der Waals surface area contributed by atoms with E-state index >= 15 is 0 Å². The second kappa shape index (κ2) is 8.48. The van der Waals surface area contributed by atoms with E-state index in [0.29, 0.717) is 11.1 Å². The van der Waals surface area contributed by atoms with Crippen molar-refractivity contribution in [1.82, 2.24) is 4.98 Å². The number of ether oxygens (including phenoxy) is 1. The van der Waals surface area contributed by atoms with Gasteiger partial charge in [0.25, 0.3) is 5.91 Å². The van der Waals surface area contributed by atoms with E-state index in [9.17, 15) is 22.8 Å². The maximum Gasteiger partial charge on any atom is 0.418 e. The van der Waals surface area contributed by atoms with Gasteiger partial charge in [-0.25, -0.2) is 0 Å². The average Bonchev–Trinajstić information content (AvgIpc) is 2.67. The molecule has 0 bridgehead atoms. The van der Waals surface area contributed by atoms with Crippen molar-refractivity contribution in [3.63, 3.8) is 0 Å². The van der Waals surface area contributed by atoms with Crippen molar-refractivity contribution in [2.45, 2.75) is 12.6 Å². The maximum absolute atomic E-state index is 13.1. The van der Waals surface area contributed by atoms with Crippen LogP contribution < -0.4 is 5.32 Å². The Morgan fingerprint density at radius 3 is 2.55 bits per heavy atom. The number of para-hydroxylation sites is 2. The van der Waals surface area contributed by atoms with Crippen LogP contribution in [0, 0.1) is 0 Å². The zero-order chi connectivity index (χ0) is 21.0. The lowest BCUT2D eigenvalue weighted by Crippen LogP contribution is -2.23. The van der Waals surface area contributed by atoms with Crippen LogP contribution in [-0.4, -0.2) is 23.5 Å². The molecule has 3 aromatic rings. The summed E-state index contributed by atoms with van der Waals surface area (Å²) in [6, 6.07) is 12.0. The van der Waals surface area contributed by atoms with Crippen molar-refractivity contribution in [1.29, 1.82) is 0 Å². The summed E-state index contributed by atoms with van der Waals surface area (Å²) in [6.45, 7) is -0.750. The molecule has 1 heterocycles. The van der Waals surface area contributed by atoms with Gasteiger partial charge in [0, 0.05) is 11.6 Å². The minimum atomic E-state index is -4.70. The number of hydrogen-bond acceptors (Lipinski definition) is 4. The summed E-state index contributed by atoms with van der Waals surface area (Å²) in [7, 11) is 0. The number of fused-ring (bicyclic) bond motifs is 1. The molecule has 1 amide bonds. The van der Waals surface area contributed by atoms with Gasteiger partial charge in [-0.2, -0.15) is 13.2 Å². The molecule has 150 valence electrons. The maximum atomic E-state index is 13.1. The number of hydrogen-bond donors (Lipinski definition) is 1. The van der Waals surface area contributed by atoms with Gasteiger partial charge in [0.15, 0.2) is 6.61 Å². The number of alkyl halides is 3. The zero-order valence-electron chi connectivity index (χ0n) is 14.8. The fourth-order valence-corrected chi connectivity index (χ4v) is 2.95. The fourth-order valence-electron chi connectivity index (χ4n) is 2.73. The average molecular weight is 423 g/mol. The summed E-state index contributed by atoms with van der Waals surface area (Å²) < 4.78 is 44.1. The predicted molar refractivity (Wildman–Crippen MR) is 101 cm³/mol. The molecule has 0 unspecified atom stereocenters. The Balaban J connectivity index is 1.64. The number of nitrogens with zero attached hydrogens (tertiary/aromatic N) is 1. The summed E-state index contributed by atoms with van der Waals surface area (Å²) in [5, 5.41) is 2.62. The standard InChI is InChI=1S/C20H14ClF3N2O3/c21-15-8-2-7-14(20(22,23)24)19(15)26-16(27)11-29-17(28)10-13-5-1-4-12-6-3-9-25-18(12)13/h1-9H,10-11H2,(H,26,27). The summed E-state index contributed by atoms with van der Waals surface area (Å²) in [4.78, 5) is 28.3. The van der Waals surface area contributed by atoms with Crippen molar-refractivity contribution < 1.29 is 27.5 Å². The molecule has 0 radical (unpaired) electrons. The van der Waals surface area contributed by atoms with Gasteiger partial charge >= 0.3 is 12.1 Å². The van der Waals surface area contributed by atoms with E-state index in [-0.39, 0.29) is 11.4 Å². The van der Waals surface area contributed by atoms with E-state index < -0.39 is 35.9 Å². The number of carbonyl (C=O) groups excluding carboxylic acids is 2. The van der Waals surface area contributed by atoms with Crippen LogP contribution in [0.5, 0.6) is 0 Å². The van der Waals surface area contributed by atoms with Crippen LogP contribution in [0.25, 0.3) is 10.9 Å². The van der Waals surface area contributed by atoms with Gasteiger partial charge < -0.3 is 10.1 Å². The number of aromatic nitrogens is 1. The van der Waals surface area contributed by atoms with E-state index in [2.05, 4.69) is 10.3 Å². The van der Waals surface area contributed by atoms with Crippen LogP contribution in [0.15, 0.2) is 54.7 Å². The Hall–Kier alpha value is -3.13. The largest absolute Gasteiger partial charge is 0.455 e. The van der Waals surface area contributed by atoms with Gasteiger partial charge in [-0.15, -0.1) is 0 Å². The second-order valence-electron chi connectivity index (χ2n) is 6.04. The minimum Gasteiger partial charge on any atom is -0.455 e. The highest BCUT2D eigenvalue weighted by atomic mass is 35.5. The third kappa shape index (κ3) is 5.03. The number of anilines is 1. The summed E-state index contributed by atoms with van der Waals surface area (Å²) in [5.41, 5.74) is -0.436. The third-order valence-electron chi connectivity index (χ3n) is 4.00. The molecule has 5 nitrogen and oxygen atoms in total. The third-order valence-corrected chi connectivity index (χ3v) is 4.31. The zero-order valence-corrected chi connectivity index (χ0v) is 15.6. The highest BCUT2D eigenvalue weighted by molar-refractivity contribution is 6.34. The molecule has 0 fully saturated rings. The molecule has 1 N–H and O–H groups in total. The molecular weight excluding hydrogens is 409 g/mol. The van der Waals surface area contributed by atoms with E-state index in [1.807, 2.05) is 12.1 Å². The minimum absolute atomic E-state index is 0.137. The molecule has 2 aromatic carbocycles. The van der Waals surface area contributed by atoms with Gasteiger partial charge in [-0.1, -0.05) is 41.9 Å². The first-order valence-electron chi connectivity index (χ1n) is 8.39. The van der Waals surface area contributed by atoms with Gasteiger partial charge in [-0.3, -0.25) is 14.6 Å². The smallest absolute Gasteiger partial charge is 0.418 e. The fraction of sp³-hybridized carbons (Fsp3) is 0.150. The number of amides is 1. The van der Waals surface area contributed by atoms with Crippen LogP contribution in [0.3, 0.4) is 0 Å². The van der Waals surface area contributed by atoms with Gasteiger partial charge in [-0.05, 0) is 23.8 Å². The lowest BCUT2D eigenvalue weighted by molar-refractivity contribution is -0.146. The molecule has 3 rings (SSSR count). The van der Waals surface area contributed by atoms with Crippen molar-refractivity contribution in [3.05, 3.63) is 70.9 Å². The van der Waals surface area contributed by atoms with E-state index in [1.54, 1.807) is 24.4 Å².